The molecule has 2 rings (SSSR count). The molecular formula is C21H24ClNO3. The summed E-state index contributed by atoms with van der Waals surface area (Å²) in [5.41, 5.74) is 2.34. The van der Waals surface area contributed by atoms with Crippen molar-refractivity contribution in [3.63, 3.8) is 0 Å². The van der Waals surface area contributed by atoms with Crippen LogP contribution in [-0.2, 0) is 11.2 Å². The number of nitrogens with one attached hydrogen (secondary N) is 1. The number of carbonyl (C=O) groups excluding carboxylic acids is 1. The van der Waals surface area contributed by atoms with Crippen molar-refractivity contribution in [3.05, 3.63) is 77.3 Å². The molecule has 2 aromatic carbocycles. The summed E-state index contributed by atoms with van der Waals surface area (Å²) < 4.78 is 10.7. The van der Waals surface area contributed by atoms with Gasteiger partial charge in [-0.2, -0.15) is 0 Å². The van der Waals surface area contributed by atoms with Crippen LogP contribution in [0.15, 0.2) is 61.2 Å². The molecule has 1 atom stereocenters. The van der Waals surface area contributed by atoms with Gasteiger partial charge in [0.15, 0.2) is 0 Å². The summed E-state index contributed by atoms with van der Waals surface area (Å²) in [6, 6.07) is 15.9. The predicted molar refractivity (Wildman–Crippen MR) is 105 cm³/mol. The quantitative estimate of drug-likeness (QED) is 0.504. The van der Waals surface area contributed by atoms with Gasteiger partial charge < -0.3 is 14.8 Å². The monoisotopic (exact) mass is 373 g/mol. The fourth-order valence-corrected chi connectivity index (χ4v) is 2.50. The first kappa shape index (κ1) is 19.9. The van der Waals surface area contributed by atoms with Crippen molar-refractivity contribution in [2.75, 3.05) is 19.8 Å². The fraction of sp³-hybridized carbons (Fsp3) is 0.286. The standard InChI is InChI=1S/C21H24ClNO3/c1-3-16(2)15-26-21(24)23-11-12-25-20-10-9-18(14-19(20)22)13-17-7-5-4-6-8-17/h3-10,14,16H,1,11-13,15H2,2H3,(H,23,24). The third-order valence-corrected chi connectivity index (χ3v) is 4.05. The molecule has 0 heterocycles. The van der Waals surface area contributed by atoms with Crippen molar-refractivity contribution in [1.29, 1.82) is 0 Å². The molecule has 4 nitrogen and oxygen atoms in total. The van der Waals surface area contributed by atoms with Crippen molar-refractivity contribution in [2.45, 2.75) is 13.3 Å². The summed E-state index contributed by atoms with van der Waals surface area (Å²) in [5.74, 6) is 0.726. The van der Waals surface area contributed by atoms with E-state index in [4.69, 9.17) is 21.1 Å². The maximum Gasteiger partial charge on any atom is 0.407 e. The molecule has 5 heteroatoms. The van der Waals surface area contributed by atoms with E-state index in [0.29, 0.717) is 30.5 Å². The van der Waals surface area contributed by atoms with Gasteiger partial charge in [0.25, 0.3) is 0 Å². The van der Waals surface area contributed by atoms with Gasteiger partial charge in [-0.3, -0.25) is 0 Å². The molecule has 138 valence electrons. The molecule has 1 unspecified atom stereocenters. The number of amides is 1. The molecule has 0 aliphatic carbocycles. The van der Waals surface area contributed by atoms with Crippen LogP contribution in [0.2, 0.25) is 5.02 Å². The van der Waals surface area contributed by atoms with E-state index in [9.17, 15) is 4.79 Å². The highest BCUT2D eigenvalue weighted by Gasteiger charge is 2.06. The lowest BCUT2D eigenvalue weighted by molar-refractivity contribution is 0.135. The summed E-state index contributed by atoms with van der Waals surface area (Å²) in [7, 11) is 0. The Morgan fingerprint density at radius 3 is 2.69 bits per heavy atom. The summed E-state index contributed by atoms with van der Waals surface area (Å²) in [5, 5.41) is 3.19. The van der Waals surface area contributed by atoms with Gasteiger partial charge in [0.2, 0.25) is 0 Å². The Balaban J connectivity index is 1.74. The lowest BCUT2D eigenvalue weighted by Crippen LogP contribution is -2.29. The molecule has 0 bridgehead atoms. The molecule has 1 amide bonds. The largest absolute Gasteiger partial charge is 0.490 e. The van der Waals surface area contributed by atoms with Crippen LogP contribution in [0.25, 0.3) is 0 Å². The summed E-state index contributed by atoms with van der Waals surface area (Å²) in [4.78, 5) is 11.5. The fourth-order valence-electron chi connectivity index (χ4n) is 2.24. The molecule has 0 saturated heterocycles. The van der Waals surface area contributed by atoms with E-state index < -0.39 is 6.09 Å². The van der Waals surface area contributed by atoms with Crippen LogP contribution in [-0.4, -0.2) is 25.9 Å². The van der Waals surface area contributed by atoms with Gasteiger partial charge in [0.1, 0.15) is 12.4 Å². The highest BCUT2D eigenvalue weighted by Crippen LogP contribution is 2.26. The van der Waals surface area contributed by atoms with E-state index >= 15 is 0 Å². The lowest BCUT2D eigenvalue weighted by atomic mass is 10.1. The molecule has 26 heavy (non-hydrogen) atoms. The van der Waals surface area contributed by atoms with Crippen molar-refractivity contribution in [3.8, 4) is 5.75 Å². The second kappa shape index (κ2) is 10.5. The molecule has 0 radical (unpaired) electrons. The first-order valence-corrected chi connectivity index (χ1v) is 8.94. The van der Waals surface area contributed by atoms with Crippen LogP contribution in [0.5, 0.6) is 5.75 Å². The first-order chi connectivity index (χ1) is 12.6. The van der Waals surface area contributed by atoms with E-state index in [2.05, 4.69) is 24.0 Å². The predicted octanol–water partition coefficient (Wildman–Crippen LogP) is 4.86. The van der Waals surface area contributed by atoms with Crippen LogP contribution in [0.4, 0.5) is 4.79 Å². The maximum atomic E-state index is 11.5. The second-order valence-electron chi connectivity index (χ2n) is 6.01. The Hall–Kier alpha value is -2.46. The summed E-state index contributed by atoms with van der Waals surface area (Å²) in [6.07, 6.45) is 2.09. The van der Waals surface area contributed by atoms with Crippen molar-refractivity contribution in [2.24, 2.45) is 5.92 Å². The van der Waals surface area contributed by atoms with Gasteiger partial charge in [-0.25, -0.2) is 4.79 Å². The molecule has 1 N–H and O–H groups in total. The molecule has 2 aromatic rings. The Labute approximate surface area is 159 Å². The first-order valence-electron chi connectivity index (χ1n) is 8.57. The Bertz CT molecular complexity index is 718. The number of hydrogen-bond donors (Lipinski definition) is 1. The number of ether oxygens (including phenoxy) is 2. The maximum absolute atomic E-state index is 11.5. The lowest BCUT2D eigenvalue weighted by Gasteiger charge is -2.11. The zero-order valence-electron chi connectivity index (χ0n) is 14.9. The third-order valence-electron chi connectivity index (χ3n) is 3.76. The van der Waals surface area contributed by atoms with Gasteiger partial charge in [-0.15, -0.1) is 6.58 Å². The molecule has 0 aliphatic heterocycles. The number of halogens is 1. The summed E-state index contributed by atoms with van der Waals surface area (Å²) >= 11 is 6.29. The Morgan fingerprint density at radius 2 is 2.00 bits per heavy atom. The van der Waals surface area contributed by atoms with E-state index in [0.717, 1.165) is 12.0 Å². The molecule has 0 aromatic heterocycles. The van der Waals surface area contributed by atoms with Crippen LogP contribution < -0.4 is 10.1 Å². The highest BCUT2D eigenvalue weighted by molar-refractivity contribution is 6.32. The highest BCUT2D eigenvalue weighted by atomic mass is 35.5. The number of alkyl carbamates (subject to hydrolysis) is 1. The molecular weight excluding hydrogens is 350 g/mol. The Kier molecular flexibility index (Phi) is 8.03. The zero-order chi connectivity index (χ0) is 18.8. The topological polar surface area (TPSA) is 47.6 Å². The van der Waals surface area contributed by atoms with Gasteiger partial charge >= 0.3 is 6.09 Å². The van der Waals surface area contributed by atoms with E-state index in [1.165, 1.54) is 5.56 Å². The normalized spacial score (nSPS) is 11.5. The van der Waals surface area contributed by atoms with Crippen molar-refractivity contribution < 1.29 is 14.3 Å². The minimum atomic E-state index is -0.466. The Morgan fingerprint density at radius 1 is 1.23 bits per heavy atom. The summed E-state index contributed by atoms with van der Waals surface area (Å²) in [6.45, 7) is 6.52. The van der Waals surface area contributed by atoms with Crippen molar-refractivity contribution in [1.82, 2.24) is 5.32 Å². The van der Waals surface area contributed by atoms with Crippen LogP contribution in [0, 0.1) is 5.92 Å². The average molecular weight is 374 g/mol. The number of carbonyl (C=O) groups is 1. The number of rotatable bonds is 9. The smallest absolute Gasteiger partial charge is 0.407 e. The van der Waals surface area contributed by atoms with E-state index in [-0.39, 0.29) is 5.92 Å². The van der Waals surface area contributed by atoms with Crippen LogP contribution >= 0.6 is 11.6 Å². The van der Waals surface area contributed by atoms with Gasteiger partial charge in [0.05, 0.1) is 18.2 Å². The van der Waals surface area contributed by atoms with Crippen molar-refractivity contribution >= 4 is 17.7 Å². The minimum absolute atomic E-state index is 0.130. The number of benzene rings is 2. The SMILES string of the molecule is C=CC(C)COC(=O)NCCOc1ccc(Cc2ccccc2)cc1Cl. The average Bonchev–Trinajstić information content (AvgIpc) is 2.65. The van der Waals surface area contributed by atoms with Gasteiger partial charge in [-0.05, 0) is 29.7 Å². The van der Waals surface area contributed by atoms with E-state index in [1.54, 1.807) is 6.08 Å². The van der Waals surface area contributed by atoms with Gasteiger partial charge in [0, 0.05) is 5.92 Å². The number of hydrogen-bond acceptors (Lipinski definition) is 3. The second-order valence-corrected chi connectivity index (χ2v) is 6.42. The zero-order valence-corrected chi connectivity index (χ0v) is 15.7. The third kappa shape index (κ3) is 6.81. The van der Waals surface area contributed by atoms with E-state index in [1.807, 2.05) is 43.3 Å². The molecule has 0 spiro atoms. The van der Waals surface area contributed by atoms with Crippen LogP contribution in [0.3, 0.4) is 0 Å². The minimum Gasteiger partial charge on any atom is -0.490 e. The molecule has 0 fully saturated rings. The van der Waals surface area contributed by atoms with Crippen LogP contribution in [0.1, 0.15) is 18.1 Å². The van der Waals surface area contributed by atoms with Gasteiger partial charge in [-0.1, -0.05) is 61.0 Å². The molecule has 0 saturated carbocycles. The molecule has 0 aliphatic rings.